The Morgan fingerprint density at radius 3 is 2.68 bits per heavy atom. The number of aliphatic hydroxyl groups is 3. The fourth-order valence-electron chi connectivity index (χ4n) is 10.5. The molecule has 0 radical (unpaired) electrons. The van der Waals surface area contributed by atoms with Crippen LogP contribution in [0.5, 0.6) is 0 Å². The monoisotopic (exact) mass is 527 g/mol. The maximum absolute atomic E-state index is 14.5. The molecule has 4 saturated carbocycles. The molecule has 210 valence electrons. The summed E-state index contributed by atoms with van der Waals surface area (Å²) < 4.78 is 14.5. The highest BCUT2D eigenvalue weighted by atomic mass is 19.1. The van der Waals surface area contributed by atoms with E-state index in [0.29, 0.717) is 36.9 Å². The third-order valence-electron chi connectivity index (χ3n) is 12.6. The van der Waals surface area contributed by atoms with Crippen LogP contribution in [0.2, 0.25) is 0 Å². The van der Waals surface area contributed by atoms with Gasteiger partial charge in [-0.1, -0.05) is 32.9 Å². The van der Waals surface area contributed by atoms with Crippen molar-refractivity contribution in [2.75, 3.05) is 11.4 Å². The number of rotatable bonds is 4. The van der Waals surface area contributed by atoms with Gasteiger partial charge in [-0.2, -0.15) is 0 Å². The minimum absolute atomic E-state index is 0.00851. The van der Waals surface area contributed by atoms with Crippen molar-refractivity contribution in [1.82, 2.24) is 0 Å². The van der Waals surface area contributed by atoms with Crippen LogP contribution in [0.3, 0.4) is 0 Å². The van der Waals surface area contributed by atoms with E-state index in [-0.39, 0.29) is 58.4 Å². The van der Waals surface area contributed by atoms with Gasteiger partial charge in [-0.3, -0.25) is 4.79 Å². The molecule has 38 heavy (non-hydrogen) atoms. The van der Waals surface area contributed by atoms with Crippen LogP contribution in [-0.4, -0.2) is 46.1 Å². The molecule has 0 bridgehead atoms. The maximum atomic E-state index is 14.5. The summed E-state index contributed by atoms with van der Waals surface area (Å²) >= 11 is 0. The smallest absolute Gasteiger partial charge is 0.227 e. The largest absolute Gasteiger partial charge is 0.393 e. The van der Waals surface area contributed by atoms with Crippen LogP contribution in [0.1, 0.15) is 84.1 Å². The molecule has 6 rings (SSSR count). The zero-order valence-electron chi connectivity index (χ0n) is 23.3. The molecular formula is C32H46FNO4. The minimum Gasteiger partial charge on any atom is -0.393 e. The molecular weight excluding hydrogens is 481 g/mol. The second-order valence-corrected chi connectivity index (χ2v) is 14.1. The van der Waals surface area contributed by atoms with Crippen molar-refractivity contribution < 1.29 is 24.5 Å². The van der Waals surface area contributed by atoms with E-state index < -0.39 is 6.10 Å². The van der Waals surface area contributed by atoms with Gasteiger partial charge in [0.15, 0.2) is 0 Å². The number of aliphatic hydroxyl groups excluding tert-OH is 3. The summed E-state index contributed by atoms with van der Waals surface area (Å²) in [5, 5.41) is 33.6. The number of hydrogen-bond acceptors (Lipinski definition) is 4. The summed E-state index contributed by atoms with van der Waals surface area (Å²) in [4.78, 5) is 14.8. The van der Waals surface area contributed by atoms with E-state index in [9.17, 15) is 24.5 Å². The number of hydrogen-bond donors (Lipinski definition) is 3. The summed E-state index contributed by atoms with van der Waals surface area (Å²) in [5.74, 6) is 1.31. The topological polar surface area (TPSA) is 81.0 Å². The Morgan fingerprint density at radius 1 is 1.11 bits per heavy atom. The van der Waals surface area contributed by atoms with Crippen LogP contribution in [-0.2, 0) is 11.2 Å². The van der Waals surface area contributed by atoms with Crippen LogP contribution in [0.25, 0.3) is 0 Å². The first-order chi connectivity index (χ1) is 18.1. The Labute approximate surface area is 226 Å². The molecule has 1 aromatic carbocycles. The average molecular weight is 528 g/mol. The standard InChI is InChI=1S/C32H46FNO4/c1-18(7-10-28(38)34-14-12-19-5-4-6-25(33)30(19)34)22-8-9-23-29-24(17-27(37)32(22,23)3)31(2)13-11-21(35)15-20(31)16-26(29)36/h4-6,18,20-24,26-27,29,35-37H,7-17H2,1-3H3/t18-,20+,21-,22-,23+,24+,26-,27+,29+,31+,32-/m1/s1. The lowest BCUT2D eigenvalue weighted by molar-refractivity contribution is -0.207. The SMILES string of the molecule is C[C@H](CCC(=O)N1CCc2cccc(F)c21)[C@H]1CC[C@H]2[C@@H]3[C@H](O)C[C@@H]4C[C@H](O)CC[C@]4(C)[C@H]3C[C@H](O)[C@]12C. The molecule has 11 atom stereocenters. The summed E-state index contributed by atoms with van der Waals surface area (Å²) in [6, 6.07) is 5.05. The van der Waals surface area contributed by atoms with E-state index in [4.69, 9.17) is 0 Å². The minimum atomic E-state index is -0.423. The lowest BCUT2D eigenvalue weighted by Crippen LogP contribution is -2.62. The van der Waals surface area contributed by atoms with Gasteiger partial charge >= 0.3 is 0 Å². The number of carbonyl (C=O) groups excluding carboxylic acids is 1. The highest BCUT2D eigenvalue weighted by molar-refractivity contribution is 5.95. The summed E-state index contributed by atoms with van der Waals surface area (Å²) in [5.41, 5.74) is 1.17. The summed E-state index contributed by atoms with van der Waals surface area (Å²) in [6.45, 7) is 7.39. The zero-order valence-corrected chi connectivity index (χ0v) is 23.3. The number of anilines is 1. The Bertz CT molecular complexity index is 1080. The van der Waals surface area contributed by atoms with Crippen LogP contribution in [0.15, 0.2) is 18.2 Å². The van der Waals surface area contributed by atoms with Crippen molar-refractivity contribution in [1.29, 1.82) is 0 Å². The first-order valence-electron chi connectivity index (χ1n) is 15.2. The summed E-state index contributed by atoms with van der Waals surface area (Å²) in [6.07, 6.45) is 6.85. The van der Waals surface area contributed by atoms with Crippen LogP contribution in [0, 0.1) is 52.2 Å². The lowest BCUT2D eigenvalue weighted by Gasteiger charge is -2.63. The average Bonchev–Trinajstić information content (AvgIpc) is 3.47. The van der Waals surface area contributed by atoms with E-state index in [1.807, 2.05) is 6.07 Å². The molecule has 5 aliphatic rings. The molecule has 1 aliphatic heterocycles. The van der Waals surface area contributed by atoms with Crippen LogP contribution in [0.4, 0.5) is 10.1 Å². The Balaban J connectivity index is 1.17. The fraction of sp³-hybridized carbons (Fsp3) is 0.781. The number of carbonyl (C=O) groups is 1. The number of amides is 1. The Morgan fingerprint density at radius 2 is 1.89 bits per heavy atom. The maximum Gasteiger partial charge on any atom is 0.227 e. The normalized spacial score (nSPS) is 44.7. The van der Waals surface area contributed by atoms with Gasteiger partial charge in [-0.05, 0) is 116 Å². The molecule has 3 N–H and O–H groups in total. The molecule has 1 amide bonds. The number of halogens is 1. The molecule has 0 saturated heterocycles. The number of nitrogens with zero attached hydrogens (tertiary/aromatic N) is 1. The van der Waals surface area contributed by atoms with Crippen molar-refractivity contribution in [3.8, 4) is 0 Å². The third kappa shape index (κ3) is 3.91. The predicted molar refractivity (Wildman–Crippen MR) is 145 cm³/mol. The highest BCUT2D eigenvalue weighted by Gasteiger charge is 2.65. The Kier molecular flexibility index (Phi) is 6.72. The van der Waals surface area contributed by atoms with E-state index in [2.05, 4.69) is 20.8 Å². The van der Waals surface area contributed by atoms with E-state index in [1.165, 1.54) is 6.07 Å². The fourth-order valence-corrected chi connectivity index (χ4v) is 10.5. The Hall–Kier alpha value is -1.50. The van der Waals surface area contributed by atoms with Gasteiger partial charge < -0.3 is 20.2 Å². The second kappa shape index (κ2) is 9.55. The number of para-hydroxylation sites is 1. The van der Waals surface area contributed by atoms with Crippen molar-refractivity contribution >= 4 is 11.6 Å². The number of benzene rings is 1. The van der Waals surface area contributed by atoms with Gasteiger partial charge in [-0.15, -0.1) is 0 Å². The third-order valence-corrected chi connectivity index (χ3v) is 12.6. The van der Waals surface area contributed by atoms with E-state index in [0.717, 1.165) is 56.9 Å². The van der Waals surface area contributed by atoms with Crippen LogP contribution < -0.4 is 4.90 Å². The molecule has 0 aromatic heterocycles. The van der Waals surface area contributed by atoms with E-state index >= 15 is 0 Å². The highest BCUT2D eigenvalue weighted by Crippen LogP contribution is 2.68. The van der Waals surface area contributed by atoms with Gasteiger partial charge in [0.05, 0.1) is 24.0 Å². The zero-order chi connectivity index (χ0) is 27.0. The van der Waals surface area contributed by atoms with Crippen molar-refractivity contribution in [2.45, 2.75) is 103 Å². The van der Waals surface area contributed by atoms with Gasteiger partial charge in [0.25, 0.3) is 0 Å². The van der Waals surface area contributed by atoms with Crippen molar-refractivity contribution in [3.63, 3.8) is 0 Å². The molecule has 0 unspecified atom stereocenters. The van der Waals surface area contributed by atoms with Gasteiger partial charge in [0, 0.05) is 13.0 Å². The molecule has 5 nitrogen and oxygen atoms in total. The van der Waals surface area contributed by atoms with Crippen molar-refractivity contribution in [2.24, 2.45) is 46.3 Å². The van der Waals surface area contributed by atoms with Crippen molar-refractivity contribution in [3.05, 3.63) is 29.6 Å². The molecule has 1 aromatic rings. The lowest BCUT2D eigenvalue weighted by atomic mass is 9.43. The second-order valence-electron chi connectivity index (χ2n) is 14.1. The molecule has 0 spiro atoms. The molecule has 1 heterocycles. The molecule has 4 aliphatic carbocycles. The molecule has 4 fully saturated rings. The predicted octanol–water partition coefficient (Wildman–Crippen LogP) is 5.09. The molecule has 6 heteroatoms. The first kappa shape index (κ1) is 26.7. The number of fused-ring (bicyclic) bond motifs is 6. The van der Waals surface area contributed by atoms with Crippen LogP contribution >= 0.6 is 0 Å². The summed E-state index contributed by atoms with van der Waals surface area (Å²) in [7, 11) is 0. The van der Waals surface area contributed by atoms with E-state index in [1.54, 1.807) is 11.0 Å². The first-order valence-corrected chi connectivity index (χ1v) is 15.2. The van der Waals surface area contributed by atoms with Gasteiger partial charge in [0.2, 0.25) is 5.91 Å². The van der Waals surface area contributed by atoms with Gasteiger partial charge in [-0.25, -0.2) is 4.39 Å². The van der Waals surface area contributed by atoms with Gasteiger partial charge in [0.1, 0.15) is 5.82 Å². The quantitative estimate of drug-likeness (QED) is 0.509.